The molecule has 1 aromatic heterocycles. The lowest BCUT2D eigenvalue weighted by Gasteiger charge is -1.85. The molecule has 0 aliphatic rings. The first-order valence-corrected chi connectivity index (χ1v) is 1.98. The zero-order valence-corrected chi connectivity index (χ0v) is 4.16. The van der Waals surface area contributed by atoms with E-state index in [1.807, 2.05) is 0 Å². The van der Waals surface area contributed by atoms with Crippen LogP contribution in [0, 0.1) is 10.1 Å². The fourth-order valence-corrected chi connectivity index (χ4v) is 0.287. The molecule has 50 valence electrons. The van der Waals surface area contributed by atoms with Gasteiger partial charge in [-0.2, -0.15) is 5.16 Å². The topological polar surface area (TPSA) is 101 Å². The second-order valence-electron chi connectivity index (χ2n) is 1.14. The van der Waals surface area contributed by atoms with E-state index >= 15 is 0 Å². The molecule has 0 amide bonds. The van der Waals surface area contributed by atoms with Crippen LogP contribution in [0.15, 0.2) is 15.3 Å². The maximum atomic E-state index is 9.83. The van der Waals surface area contributed by atoms with Crippen molar-refractivity contribution in [3.63, 3.8) is 0 Å². The summed E-state index contributed by atoms with van der Waals surface area (Å²) in [5.41, 5.74) is 0. The third-order valence-electron chi connectivity index (χ3n) is 0.609. The lowest BCUT2D eigenvalue weighted by molar-refractivity contribution is -0.408. The molecule has 7 heteroatoms. The molecule has 0 radical (unpaired) electrons. The highest BCUT2D eigenvalue weighted by atomic mass is 16.7. The molecule has 0 spiro atoms. The van der Waals surface area contributed by atoms with Crippen molar-refractivity contribution in [2.45, 2.75) is 0 Å². The van der Waals surface area contributed by atoms with Crippen LogP contribution in [0.5, 0.6) is 0 Å². The highest BCUT2D eigenvalue weighted by Gasteiger charge is 2.05. The SMILES string of the molecule is O=[N+]([O-])c1c[nH]o[nH]o1. The van der Waals surface area contributed by atoms with Crippen LogP contribution in [0.4, 0.5) is 5.88 Å². The minimum Gasteiger partial charge on any atom is -0.280 e. The molecular weight excluding hydrogens is 130 g/mol. The third-order valence-corrected chi connectivity index (χ3v) is 0.609. The van der Waals surface area contributed by atoms with Crippen LogP contribution in [-0.4, -0.2) is 15.4 Å². The van der Waals surface area contributed by atoms with E-state index < -0.39 is 10.8 Å². The van der Waals surface area contributed by atoms with Gasteiger partial charge in [0, 0.05) is 0 Å². The maximum absolute atomic E-state index is 9.83. The number of rotatable bonds is 1. The van der Waals surface area contributed by atoms with E-state index in [2.05, 4.69) is 14.3 Å². The lowest BCUT2D eigenvalue weighted by atomic mass is 10.8. The van der Waals surface area contributed by atoms with Crippen LogP contribution < -0.4 is 0 Å². The maximum Gasteiger partial charge on any atom is 0.473 e. The third kappa shape index (κ3) is 1.12. The van der Waals surface area contributed by atoms with E-state index in [1.54, 1.807) is 5.33 Å². The fourth-order valence-electron chi connectivity index (χ4n) is 0.287. The van der Waals surface area contributed by atoms with Crippen molar-refractivity contribution in [3.05, 3.63) is 16.3 Å². The van der Waals surface area contributed by atoms with Crippen molar-refractivity contribution in [2.24, 2.45) is 0 Å². The van der Waals surface area contributed by atoms with Crippen molar-refractivity contribution < 1.29 is 14.1 Å². The quantitative estimate of drug-likeness (QED) is 0.431. The molecule has 0 bridgehead atoms. The molecule has 0 aliphatic carbocycles. The van der Waals surface area contributed by atoms with E-state index in [0.29, 0.717) is 0 Å². The van der Waals surface area contributed by atoms with Gasteiger partial charge in [0.25, 0.3) is 0 Å². The number of nitro groups is 1. The minimum absolute atomic E-state index is 0.443. The standard InChI is InChI=1S/C2H3N3O4/c6-5(7)2-1-3-9-4-8-2/h1,3-4H. The summed E-state index contributed by atoms with van der Waals surface area (Å²) in [5, 5.41) is 13.7. The van der Waals surface area contributed by atoms with E-state index in [4.69, 9.17) is 0 Å². The van der Waals surface area contributed by atoms with Gasteiger partial charge in [-0.1, -0.05) is 5.33 Å². The van der Waals surface area contributed by atoms with E-state index in [-0.39, 0.29) is 0 Å². The summed E-state index contributed by atoms with van der Waals surface area (Å²) < 4.78 is 8.31. The summed E-state index contributed by atoms with van der Waals surface area (Å²) in [6.07, 6.45) is 0.969. The van der Waals surface area contributed by atoms with Gasteiger partial charge in [0.15, 0.2) is 6.20 Å². The van der Waals surface area contributed by atoms with Crippen molar-refractivity contribution in [1.82, 2.24) is 10.5 Å². The van der Waals surface area contributed by atoms with Crippen molar-refractivity contribution >= 4 is 5.88 Å². The summed E-state index contributed by atoms with van der Waals surface area (Å²) in [7, 11) is 0. The molecule has 0 saturated carbocycles. The lowest BCUT2D eigenvalue weighted by Crippen LogP contribution is -1.88. The van der Waals surface area contributed by atoms with E-state index in [9.17, 15) is 10.1 Å². The van der Waals surface area contributed by atoms with E-state index in [0.717, 1.165) is 6.20 Å². The van der Waals surface area contributed by atoms with Crippen LogP contribution in [0.3, 0.4) is 0 Å². The molecule has 9 heavy (non-hydrogen) atoms. The van der Waals surface area contributed by atoms with Gasteiger partial charge in [-0.3, -0.25) is 19.3 Å². The fraction of sp³-hybridized carbons (Fsp3) is 0. The Morgan fingerprint density at radius 3 is 2.89 bits per heavy atom. The first kappa shape index (κ1) is 5.48. The minimum atomic E-state index is -0.706. The van der Waals surface area contributed by atoms with Crippen LogP contribution in [0.1, 0.15) is 0 Å². The van der Waals surface area contributed by atoms with Gasteiger partial charge >= 0.3 is 5.88 Å². The predicted molar refractivity (Wildman–Crippen MR) is 24.0 cm³/mol. The molecule has 0 aliphatic heterocycles. The molecular formula is C2H3N3O4. The molecule has 1 aromatic rings. The molecule has 0 aromatic carbocycles. The zero-order valence-electron chi connectivity index (χ0n) is 4.16. The second-order valence-corrected chi connectivity index (χ2v) is 1.14. The largest absolute Gasteiger partial charge is 0.473 e. The summed E-state index contributed by atoms with van der Waals surface area (Å²) in [6.45, 7) is 0. The molecule has 7 nitrogen and oxygen atoms in total. The summed E-state index contributed by atoms with van der Waals surface area (Å²) >= 11 is 0. The number of aromatic nitrogens is 2. The van der Waals surface area contributed by atoms with Gasteiger partial charge in [-0.25, -0.2) is 0 Å². The van der Waals surface area contributed by atoms with Crippen LogP contribution in [0.25, 0.3) is 0 Å². The second kappa shape index (κ2) is 2.07. The number of hydrogen-bond donors (Lipinski definition) is 2. The number of H-pyrrole nitrogens is 2. The smallest absolute Gasteiger partial charge is 0.280 e. The number of hydrogen-bond acceptors (Lipinski definition) is 4. The molecule has 0 fully saturated rings. The highest BCUT2D eigenvalue weighted by molar-refractivity contribution is 5.00. The first-order valence-electron chi connectivity index (χ1n) is 1.98. The Kier molecular flexibility index (Phi) is 1.26. The summed E-state index contributed by atoms with van der Waals surface area (Å²) in [5.74, 6) is -0.443. The number of aromatic amines is 2. The van der Waals surface area contributed by atoms with Crippen LogP contribution in [-0.2, 0) is 0 Å². The Morgan fingerprint density at radius 2 is 2.56 bits per heavy atom. The highest BCUT2D eigenvalue weighted by Crippen LogP contribution is 2.02. The molecule has 0 saturated heterocycles. The first-order chi connectivity index (χ1) is 4.30. The van der Waals surface area contributed by atoms with Gasteiger partial charge in [-0.05, 0) is 0 Å². The Morgan fingerprint density at radius 1 is 1.78 bits per heavy atom. The van der Waals surface area contributed by atoms with Gasteiger partial charge in [0.1, 0.15) is 4.92 Å². The van der Waals surface area contributed by atoms with Gasteiger partial charge in [0.05, 0.1) is 0 Å². The normalized spacial score (nSPS) is 8.89. The number of nitrogens with one attached hydrogen (secondary N) is 2. The average Bonchev–Trinajstić information content (AvgIpc) is 1.90. The molecule has 0 unspecified atom stereocenters. The summed E-state index contributed by atoms with van der Waals surface area (Å²) in [6, 6.07) is 0. The number of nitrogens with zero attached hydrogens (tertiary/aromatic N) is 1. The monoisotopic (exact) mass is 133 g/mol. The Bertz CT molecular complexity index is 210. The molecule has 2 N–H and O–H groups in total. The molecule has 1 rings (SSSR count). The van der Waals surface area contributed by atoms with E-state index in [1.165, 1.54) is 0 Å². The Balaban J connectivity index is 2.98. The molecule has 0 atom stereocenters. The van der Waals surface area contributed by atoms with Gasteiger partial charge < -0.3 is 0 Å². The van der Waals surface area contributed by atoms with Crippen molar-refractivity contribution in [3.8, 4) is 0 Å². The van der Waals surface area contributed by atoms with Gasteiger partial charge in [-0.15, -0.1) is 0 Å². The van der Waals surface area contributed by atoms with Crippen LogP contribution in [0.2, 0.25) is 0 Å². The Hall–Kier alpha value is -1.66. The van der Waals surface area contributed by atoms with Crippen molar-refractivity contribution in [2.75, 3.05) is 0 Å². The summed E-state index contributed by atoms with van der Waals surface area (Å²) in [4.78, 5) is 9.13. The van der Waals surface area contributed by atoms with Crippen LogP contribution >= 0.6 is 0 Å². The zero-order chi connectivity index (χ0) is 6.69. The Labute approximate surface area is 48.0 Å². The molecule has 1 heterocycles. The van der Waals surface area contributed by atoms with Crippen molar-refractivity contribution in [1.29, 1.82) is 0 Å². The van der Waals surface area contributed by atoms with Gasteiger partial charge in [0.2, 0.25) is 0 Å². The average molecular weight is 133 g/mol. The predicted octanol–water partition coefficient (Wildman–Crippen LogP) is 0.561.